The lowest BCUT2D eigenvalue weighted by molar-refractivity contribution is 0.501. The normalized spacial score (nSPS) is 11.1. The van der Waals surface area contributed by atoms with Crippen LogP contribution in [0.15, 0.2) is 39.7 Å². The van der Waals surface area contributed by atoms with E-state index < -0.39 is 0 Å². The van der Waals surface area contributed by atoms with Gasteiger partial charge >= 0.3 is 0 Å². The molecule has 1 aromatic heterocycles. The topological polar surface area (TPSA) is 49.6 Å². The Balaban J connectivity index is 0.00000288. The minimum atomic E-state index is -0.166. The molecule has 0 radical (unpaired) electrons. The standard InChI is InChI=1S/C18H24FN3O.HI/c1-4-20-18(22-12-16-11-13(2)23-14(16)3)21-10-9-15-7-5-6-8-17(15)19;/h5-8,11H,4,9-10,12H2,1-3H3,(H2,20,21,22);1H. The van der Waals surface area contributed by atoms with Crippen LogP contribution in [0.5, 0.6) is 0 Å². The maximum atomic E-state index is 13.6. The molecule has 0 unspecified atom stereocenters. The van der Waals surface area contributed by atoms with Gasteiger partial charge in [0.25, 0.3) is 0 Å². The second-order valence-electron chi connectivity index (χ2n) is 5.40. The van der Waals surface area contributed by atoms with E-state index in [1.807, 2.05) is 32.9 Å². The number of aliphatic imine (C=N–C) groups is 1. The number of rotatable bonds is 6. The summed E-state index contributed by atoms with van der Waals surface area (Å²) in [5, 5.41) is 6.43. The first-order valence-corrected chi connectivity index (χ1v) is 7.91. The fourth-order valence-electron chi connectivity index (χ4n) is 2.36. The summed E-state index contributed by atoms with van der Waals surface area (Å²) in [6.07, 6.45) is 0.612. The lowest BCUT2D eigenvalue weighted by Crippen LogP contribution is -2.38. The van der Waals surface area contributed by atoms with E-state index in [0.717, 1.165) is 29.6 Å². The van der Waals surface area contributed by atoms with Crippen molar-refractivity contribution in [3.05, 3.63) is 58.8 Å². The minimum Gasteiger partial charge on any atom is -0.466 e. The van der Waals surface area contributed by atoms with Crippen molar-refractivity contribution in [3.63, 3.8) is 0 Å². The van der Waals surface area contributed by atoms with Gasteiger partial charge < -0.3 is 15.1 Å². The molecule has 0 amide bonds. The van der Waals surface area contributed by atoms with Crippen LogP contribution in [0.1, 0.15) is 29.6 Å². The highest BCUT2D eigenvalue weighted by molar-refractivity contribution is 14.0. The summed E-state index contributed by atoms with van der Waals surface area (Å²) in [6, 6.07) is 8.84. The number of nitrogens with one attached hydrogen (secondary N) is 2. The van der Waals surface area contributed by atoms with Crippen LogP contribution in [0.2, 0.25) is 0 Å². The summed E-state index contributed by atoms with van der Waals surface area (Å²) >= 11 is 0. The molecule has 0 aliphatic rings. The zero-order valence-corrected chi connectivity index (χ0v) is 16.7. The molecular weight excluding hydrogens is 420 g/mol. The van der Waals surface area contributed by atoms with Gasteiger partial charge in [-0.3, -0.25) is 0 Å². The van der Waals surface area contributed by atoms with E-state index >= 15 is 0 Å². The highest BCUT2D eigenvalue weighted by Gasteiger charge is 2.05. The van der Waals surface area contributed by atoms with Crippen molar-refractivity contribution < 1.29 is 8.81 Å². The molecule has 0 aliphatic heterocycles. The third-order valence-corrected chi connectivity index (χ3v) is 3.54. The monoisotopic (exact) mass is 445 g/mol. The number of guanidine groups is 1. The summed E-state index contributed by atoms with van der Waals surface area (Å²) < 4.78 is 19.1. The summed E-state index contributed by atoms with van der Waals surface area (Å²) in [5.41, 5.74) is 1.78. The zero-order valence-electron chi connectivity index (χ0n) is 14.4. The Kier molecular flexibility index (Phi) is 8.81. The summed E-state index contributed by atoms with van der Waals surface area (Å²) in [6.45, 7) is 7.83. The summed E-state index contributed by atoms with van der Waals surface area (Å²) in [7, 11) is 0. The highest BCUT2D eigenvalue weighted by atomic mass is 127. The number of hydrogen-bond acceptors (Lipinski definition) is 2. The van der Waals surface area contributed by atoms with Gasteiger partial charge in [-0.25, -0.2) is 9.38 Å². The number of nitrogens with zero attached hydrogens (tertiary/aromatic N) is 1. The summed E-state index contributed by atoms with van der Waals surface area (Å²) in [5.74, 6) is 2.35. The molecule has 4 nitrogen and oxygen atoms in total. The van der Waals surface area contributed by atoms with Gasteiger partial charge in [-0.2, -0.15) is 0 Å². The Labute approximate surface area is 160 Å². The number of aryl methyl sites for hydroxylation is 2. The molecule has 132 valence electrons. The second-order valence-corrected chi connectivity index (χ2v) is 5.40. The Hall–Kier alpha value is -1.57. The predicted octanol–water partition coefficient (Wildman–Crippen LogP) is 3.95. The van der Waals surface area contributed by atoms with Crippen LogP contribution in [0.25, 0.3) is 0 Å². The minimum absolute atomic E-state index is 0. The van der Waals surface area contributed by atoms with Gasteiger partial charge in [-0.1, -0.05) is 18.2 Å². The molecule has 0 atom stereocenters. The average molecular weight is 445 g/mol. The smallest absolute Gasteiger partial charge is 0.191 e. The maximum Gasteiger partial charge on any atom is 0.191 e. The van der Waals surface area contributed by atoms with Crippen molar-refractivity contribution in [2.75, 3.05) is 13.1 Å². The van der Waals surface area contributed by atoms with Crippen LogP contribution in [-0.4, -0.2) is 19.0 Å². The van der Waals surface area contributed by atoms with Crippen molar-refractivity contribution in [2.45, 2.75) is 33.7 Å². The Morgan fingerprint density at radius 3 is 2.54 bits per heavy atom. The molecule has 2 N–H and O–H groups in total. The third-order valence-electron chi connectivity index (χ3n) is 3.54. The molecule has 0 saturated carbocycles. The van der Waals surface area contributed by atoms with Crippen LogP contribution in [0, 0.1) is 19.7 Å². The Morgan fingerprint density at radius 2 is 1.92 bits per heavy atom. The molecule has 2 aromatic rings. The first kappa shape index (κ1) is 20.5. The quantitative estimate of drug-likeness (QED) is 0.402. The first-order valence-electron chi connectivity index (χ1n) is 7.91. The molecule has 0 bridgehead atoms. The van der Waals surface area contributed by atoms with Gasteiger partial charge in [0.2, 0.25) is 0 Å². The average Bonchev–Trinajstić information content (AvgIpc) is 2.84. The van der Waals surface area contributed by atoms with E-state index in [1.165, 1.54) is 6.07 Å². The maximum absolute atomic E-state index is 13.6. The SMILES string of the molecule is CCNC(=NCc1cc(C)oc1C)NCCc1ccccc1F.I. The third kappa shape index (κ3) is 6.14. The molecule has 1 heterocycles. The lowest BCUT2D eigenvalue weighted by atomic mass is 10.1. The van der Waals surface area contributed by atoms with Gasteiger partial charge in [0.05, 0.1) is 6.54 Å². The van der Waals surface area contributed by atoms with E-state index in [-0.39, 0.29) is 29.8 Å². The van der Waals surface area contributed by atoms with Crippen molar-refractivity contribution in [3.8, 4) is 0 Å². The molecule has 6 heteroatoms. The molecule has 0 fully saturated rings. The van der Waals surface area contributed by atoms with Gasteiger partial charge in [-0.05, 0) is 44.9 Å². The first-order chi connectivity index (χ1) is 11.1. The highest BCUT2D eigenvalue weighted by Crippen LogP contribution is 2.14. The molecule has 2 rings (SSSR count). The molecule has 0 aliphatic carbocycles. The number of furan rings is 1. The van der Waals surface area contributed by atoms with E-state index in [1.54, 1.807) is 12.1 Å². The Bertz CT molecular complexity index is 670. The van der Waals surface area contributed by atoms with E-state index in [9.17, 15) is 4.39 Å². The van der Waals surface area contributed by atoms with Crippen molar-refractivity contribution in [1.82, 2.24) is 10.6 Å². The van der Waals surface area contributed by atoms with Crippen molar-refractivity contribution in [1.29, 1.82) is 0 Å². The lowest BCUT2D eigenvalue weighted by Gasteiger charge is -2.11. The van der Waals surface area contributed by atoms with Crippen LogP contribution in [0.3, 0.4) is 0 Å². The fourth-order valence-corrected chi connectivity index (χ4v) is 2.36. The Morgan fingerprint density at radius 1 is 1.17 bits per heavy atom. The molecule has 0 spiro atoms. The number of hydrogen-bond donors (Lipinski definition) is 2. The number of halogens is 2. The second kappa shape index (κ2) is 10.3. The van der Waals surface area contributed by atoms with E-state index in [0.29, 0.717) is 25.1 Å². The largest absolute Gasteiger partial charge is 0.466 e. The van der Waals surface area contributed by atoms with E-state index in [4.69, 9.17) is 4.42 Å². The van der Waals surface area contributed by atoms with Crippen LogP contribution < -0.4 is 10.6 Å². The fraction of sp³-hybridized carbons (Fsp3) is 0.389. The van der Waals surface area contributed by atoms with Gasteiger partial charge in [0.15, 0.2) is 5.96 Å². The van der Waals surface area contributed by atoms with Crippen LogP contribution in [-0.2, 0) is 13.0 Å². The van der Waals surface area contributed by atoms with Crippen molar-refractivity contribution >= 4 is 29.9 Å². The number of benzene rings is 1. The molecule has 24 heavy (non-hydrogen) atoms. The van der Waals surface area contributed by atoms with Crippen molar-refractivity contribution in [2.24, 2.45) is 4.99 Å². The molecule has 0 saturated heterocycles. The zero-order chi connectivity index (χ0) is 16.7. The molecule has 1 aromatic carbocycles. The van der Waals surface area contributed by atoms with Gasteiger partial charge in [0, 0.05) is 18.7 Å². The van der Waals surface area contributed by atoms with E-state index in [2.05, 4.69) is 15.6 Å². The van der Waals surface area contributed by atoms with Gasteiger partial charge in [-0.15, -0.1) is 24.0 Å². The van der Waals surface area contributed by atoms with Gasteiger partial charge in [0.1, 0.15) is 17.3 Å². The summed E-state index contributed by atoms with van der Waals surface area (Å²) in [4.78, 5) is 4.55. The molecular formula is C18H25FIN3O. The van der Waals surface area contributed by atoms with Crippen LogP contribution >= 0.6 is 24.0 Å². The predicted molar refractivity (Wildman–Crippen MR) is 107 cm³/mol. The van der Waals surface area contributed by atoms with Crippen LogP contribution in [0.4, 0.5) is 4.39 Å².